The van der Waals surface area contributed by atoms with Gasteiger partial charge in [0.2, 0.25) is 9.84 Å². The van der Waals surface area contributed by atoms with E-state index in [-0.39, 0.29) is 11.6 Å². The van der Waals surface area contributed by atoms with Gasteiger partial charge in [-0.1, -0.05) is 17.7 Å². The van der Waals surface area contributed by atoms with Crippen molar-refractivity contribution in [2.24, 2.45) is 0 Å². The van der Waals surface area contributed by atoms with Gasteiger partial charge in [-0.3, -0.25) is 4.79 Å². The molecule has 1 atom stereocenters. The number of alkyl halides is 2. The van der Waals surface area contributed by atoms with Gasteiger partial charge in [-0.05, 0) is 44.2 Å². The van der Waals surface area contributed by atoms with Gasteiger partial charge in [0.15, 0.2) is 0 Å². The molecule has 2 rings (SSSR count). The number of halogens is 2. The molecule has 0 unspecified atom stereocenters. The molecule has 0 saturated heterocycles. The van der Waals surface area contributed by atoms with Gasteiger partial charge in [-0.2, -0.15) is 8.78 Å². The summed E-state index contributed by atoms with van der Waals surface area (Å²) in [7, 11) is -3.15. The number of hydrogen-bond acceptors (Lipinski definition) is 4. The molecule has 2 aromatic carbocycles. The summed E-state index contributed by atoms with van der Waals surface area (Å²) < 4.78 is 53.2. The molecule has 8 heteroatoms. The Balaban J connectivity index is 2.19. The van der Waals surface area contributed by atoms with E-state index in [4.69, 9.17) is 4.74 Å². The molecule has 0 heterocycles. The van der Waals surface area contributed by atoms with E-state index in [1.165, 1.54) is 19.2 Å². The van der Waals surface area contributed by atoms with Gasteiger partial charge in [0, 0.05) is 11.1 Å². The number of ether oxygens (including phenoxy) is 1. The van der Waals surface area contributed by atoms with E-state index in [0.29, 0.717) is 5.75 Å². The third-order valence-corrected chi connectivity index (χ3v) is 5.28. The first-order valence-electron chi connectivity index (χ1n) is 7.74. The molecule has 0 aliphatic rings. The first-order chi connectivity index (χ1) is 12.2. The van der Waals surface area contributed by atoms with Gasteiger partial charge in [-0.25, -0.2) is 8.42 Å². The highest BCUT2D eigenvalue weighted by atomic mass is 32.2. The van der Waals surface area contributed by atoms with Crippen molar-refractivity contribution in [1.29, 1.82) is 0 Å². The minimum atomic E-state index is -4.68. The molecular weight excluding hydrogens is 364 g/mol. The van der Waals surface area contributed by atoms with Gasteiger partial charge in [-0.15, -0.1) is 0 Å². The van der Waals surface area contributed by atoms with Crippen molar-refractivity contribution in [3.05, 3.63) is 59.2 Å². The Morgan fingerprint density at radius 2 is 1.73 bits per heavy atom. The summed E-state index contributed by atoms with van der Waals surface area (Å²) in [5.74, 6) is -3.33. The fourth-order valence-electron chi connectivity index (χ4n) is 2.45. The largest absolute Gasteiger partial charge is 0.496 e. The molecule has 0 saturated carbocycles. The average molecular weight is 383 g/mol. The number of methoxy groups -OCH3 is 1. The molecular formula is C18H19F2NO4S. The van der Waals surface area contributed by atoms with Crippen LogP contribution in [0.25, 0.3) is 0 Å². The lowest BCUT2D eigenvalue weighted by Crippen LogP contribution is -2.27. The molecule has 2 aromatic rings. The Bertz CT molecular complexity index is 896. The van der Waals surface area contributed by atoms with Gasteiger partial charge in [0.05, 0.1) is 18.0 Å². The third kappa shape index (κ3) is 4.19. The zero-order valence-electron chi connectivity index (χ0n) is 14.5. The summed E-state index contributed by atoms with van der Waals surface area (Å²) in [5, 5.41) is 2.78. The van der Waals surface area contributed by atoms with Crippen molar-refractivity contribution in [2.75, 3.05) is 7.11 Å². The van der Waals surface area contributed by atoms with Crippen LogP contribution in [0.15, 0.2) is 47.4 Å². The van der Waals surface area contributed by atoms with Gasteiger partial charge in [0.25, 0.3) is 5.91 Å². The van der Waals surface area contributed by atoms with E-state index in [9.17, 15) is 22.0 Å². The lowest BCUT2D eigenvalue weighted by atomic mass is 10.0. The quantitative estimate of drug-likeness (QED) is 0.829. The van der Waals surface area contributed by atoms with Crippen LogP contribution in [-0.2, 0) is 9.84 Å². The Kier molecular flexibility index (Phi) is 5.97. The standard InChI is InChI=1S/C18H19F2NO4S/c1-11-4-9-16(25-3)15(10-11)12(2)21-17(22)13-5-7-14(8-6-13)26(23,24)18(19)20/h4-10,12,18H,1-3H3,(H,21,22)/t12-/m1/s1. The fourth-order valence-corrected chi connectivity index (χ4v) is 3.17. The van der Waals surface area contributed by atoms with E-state index in [1.54, 1.807) is 13.0 Å². The Morgan fingerprint density at radius 3 is 2.27 bits per heavy atom. The second-order valence-electron chi connectivity index (χ2n) is 5.77. The van der Waals surface area contributed by atoms with Crippen LogP contribution in [0.4, 0.5) is 8.78 Å². The second kappa shape index (κ2) is 7.82. The lowest BCUT2D eigenvalue weighted by Gasteiger charge is -2.18. The van der Waals surface area contributed by atoms with Crippen LogP contribution in [-0.4, -0.2) is 27.2 Å². The third-order valence-electron chi connectivity index (χ3n) is 3.88. The minimum absolute atomic E-state index is 0.164. The van der Waals surface area contributed by atoms with Crippen molar-refractivity contribution < 1.29 is 26.7 Å². The van der Waals surface area contributed by atoms with E-state index < -0.39 is 26.4 Å². The number of carbonyl (C=O) groups excluding carboxylic acids is 1. The van der Waals surface area contributed by atoms with E-state index in [2.05, 4.69) is 5.32 Å². The topological polar surface area (TPSA) is 72.5 Å². The van der Waals surface area contributed by atoms with Crippen molar-refractivity contribution >= 4 is 15.7 Å². The number of carbonyl (C=O) groups is 1. The molecule has 1 N–H and O–H groups in total. The molecule has 0 radical (unpaired) electrons. The monoisotopic (exact) mass is 383 g/mol. The number of benzene rings is 2. The molecule has 1 amide bonds. The van der Waals surface area contributed by atoms with E-state index >= 15 is 0 Å². The van der Waals surface area contributed by atoms with E-state index in [1.807, 2.05) is 19.1 Å². The van der Waals surface area contributed by atoms with Crippen LogP contribution in [0.1, 0.15) is 34.5 Å². The van der Waals surface area contributed by atoms with Crippen LogP contribution in [0, 0.1) is 6.92 Å². The number of rotatable bonds is 6. The molecule has 140 valence electrons. The minimum Gasteiger partial charge on any atom is -0.496 e. The van der Waals surface area contributed by atoms with Crippen LogP contribution < -0.4 is 10.1 Å². The van der Waals surface area contributed by atoms with Gasteiger partial charge < -0.3 is 10.1 Å². The Labute approximate surface area is 150 Å². The summed E-state index contributed by atoms with van der Waals surface area (Å²) in [6.07, 6.45) is 0. The molecule has 0 bridgehead atoms. The van der Waals surface area contributed by atoms with Crippen LogP contribution in [0.5, 0.6) is 5.75 Å². The van der Waals surface area contributed by atoms with Crippen molar-refractivity contribution in [2.45, 2.75) is 30.5 Å². The molecule has 0 fully saturated rings. The number of aryl methyl sites for hydroxylation is 1. The molecule has 0 aliphatic heterocycles. The normalized spacial score (nSPS) is 12.7. The SMILES string of the molecule is COc1ccc(C)cc1[C@@H](C)NC(=O)c1ccc(S(=O)(=O)C(F)F)cc1. The molecule has 26 heavy (non-hydrogen) atoms. The maximum Gasteiger partial charge on any atom is 0.341 e. The highest BCUT2D eigenvalue weighted by Gasteiger charge is 2.26. The van der Waals surface area contributed by atoms with Crippen LogP contribution >= 0.6 is 0 Å². The Morgan fingerprint density at radius 1 is 1.12 bits per heavy atom. The van der Waals surface area contributed by atoms with Crippen LogP contribution in [0.2, 0.25) is 0 Å². The van der Waals surface area contributed by atoms with Crippen LogP contribution in [0.3, 0.4) is 0 Å². The molecule has 0 aromatic heterocycles. The van der Waals surface area contributed by atoms with E-state index in [0.717, 1.165) is 23.3 Å². The summed E-state index contributed by atoms with van der Waals surface area (Å²) in [5.41, 5.74) is 1.96. The summed E-state index contributed by atoms with van der Waals surface area (Å²) >= 11 is 0. The van der Waals surface area contributed by atoms with Crippen molar-refractivity contribution in [1.82, 2.24) is 5.32 Å². The van der Waals surface area contributed by atoms with Crippen molar-refractivity contribution in [3.8, 4) is 5.75 Å². The number of amides is 1. The molecule has 0 spiro atoms. The number of hydrogen-bond donors (Lipinski definition) is 1. The fraction of sp³-hybridized carbons (Fsp3) is 0.278. The Hall–Kier alpha value is -2.48. The summed E-state index contributed by atoms with van der Waals surface area (Å²) in [6.45, 7) is 3.70. The number of sulfone groups is 1. The first kappa shape index (κ1) is 19.8. The van der Waals surface area contributed by atoms with Gasteiger partial charge >= 0.3 is 5.76 Å². The van der Waals surface area contributed by atoms with Gasteiger partial charge in [0.1, 0.15) is 5.75 Å². The zero-order valence-corrected chi connectivity index (χ0v) is 15.3. The smallest absolute Gasteiger partial charge is 0.341 e. The predicted molar refractivity (Wildman–Crippen MR) is 93.2 cm³/mol. The second-order valence-corrected chi connectivity index (χ2v) is 7.69. The molecule has 5 nitrogen and oxygen atoms in total. The first-order valence-corrected chi connectivity index (χ1v) is 9.29. The zero-order chi connectivity index (χ0) is 19.5. The maximum atomic E-state index is 12.5. The highest BCUT2D eigenvalue weighted by molar-refractivity contribution is 7.91. The number of nitrogens with one attached hydrogen (secondary N) is 1. The lowest BCUT2D eigenvalue weighted by molar-refractivity contribution is 0.0939. The highest BCUT2D eigenvalue weighted by Crippen LogP contribution is 2.26. The summed E-state index contributed by atoms with van der Waals surface area (Å²) in [4.78, 5) is 11.8. The van der Waals surface area contributed by atoms with Crippen molar-refractivity contribution in [3.63, 3.8) is 0 Å². The molecule has 0 aliphatic carbocycles. The summed E-state index contributed by atoms with van der Waals surface area (Å²) in [6, 6.07) is 9.60. The average Bonchev–Trinajstić information content (AvgIpc) is 2.61. The maximum absolute atomic E-state index is 12.5. The predicted octanol–water partition coefficient (Wildman–Crippen LogP) is 3.49.